The van der Waals surface area contributed by atoms with E-state index in [2.05, 4.69) is 0 Å². The van der Waals surface area contributed by atoms with E-state index in [1.165, 1.54) is 0 Å². The predicted octanol–water partition coefficient (Wildman–Crippen LogP) is 4.97. The summed E-state index contributed by atoms with van der Waals surface area (Å²) in [5.74, 6) is 2.57. The molecule has 0 aromatic heterocycles. The van der Waals surface area contributed by atoms with Crippen molar-refractivity contribution in [2.45, 2.75) is 36.4 Å². The molecule has 0 radical (unpaired) electrons. The Morgan fingerprint density at radius 3 is 2.90 bits per heavy atom. The van der Waals surface area contributed by atoms with Crippen molar-refractivity contribution in [3.8, 4) is 11.5 Å². The molecule has 0 N–H and O–H groups in total. The molecule has 5 nitrogen and oxygen atoms in total. The molecule has 2 fully saturated rings. The molecule has 2 aliphatic heterocycles. The average molecular weight is 448 g/mol. The fraction of sp³-hybridized carbons (Fsp3) is 0.435. The highest BCUT2D eigenvalue weighted by Gasteiger charge is 2.31. The number of carbonyl (C=O) groups excluding carboxylic acids is 1. The van der Waals surface area contributed by atoms with E-state index in [9.17, 15) is 4.79 Å². The summed E-state index contributed by atoms with van der Waals surface area (Å²) in [6, 6.07) is 13.8. The Morgan fingerprint density at radius 2 is 2.13 bits per heavy atom. The van der Waals surface area contributed by atoms with Gasteiger partial charge in [0.2, 0.25) is 5.91 Å². The first-order valence-electron chi connectivity index (χ1n) is 10.2. The van der Waals surface area contributed by atoms with Crippen molar-refractivity contribution in [1.82, 2.24) is 4.90 Å². The van der Waals surface area contributed by atoms with Gasteiger partial charge in [0, 0.05) is 47.5 Å². The number of carbonyl (C=O) groups is 1. The van der Waals surface area contributed by atoms with Crippen LogP contribution in [0.5, 0.6) is 11.5 Å². The second-order valence-electron chi connectivity index (χ2n) is 7.52. The van der Waals surface area contributed by atoms with Crippen LogP contribution in [0.1, 0.15) is 30.7 Å². The van der Waals surface area contributed by atoms with Gasteiger partial charge < -0.3 is 19.1 Å². The van der Waals surface area contributed by atoms with Crippen LogP contribution in [0.15, 0.2) is 47.4 Å². The van der Waals surface area contributed by atoms with Crippen LogP contribution in [-0.2, 0) is 9.53 Å². The van der Waals surface area contributed by atoms with E-state index < -0.39 is 0 Å². The minimum absolute atomic E-state index is 0.159. The lowest BCUT2D eigenvalue weighted by Gasteiger charge is -2.19. The van der Waals surface area contributed by atoms with Gasteiger partial charge in [-0.2, -0.15) is 0 Å². The molecule has 7 heteroatoms. The molecule has 160 valence electrons. The Kier molecular flexibility index (Phi) is 7.08. The van der Waals surface area contributed by atoms with Crippen molar-refractivity contribution in [1.29, 1.82) is 0 Å². The molecule has 2 saturated heterocycles. The summed E-state index contributed by atoms with van der Waals surface area (Å²) in [6.45, 7) is 2.18. The molecule has 0 bridgehead atoms. The number of benzene rings is 2. The summed E-state index contributed by atoms with van der Waals surface area (Å²) in [6.07, 6.45) is 2.19. The van der Waals surface area contributed by atoms with Crippen LogP contribution in [0.25, 0.3) is 0 Å². The Bertz CT molecular complexity index is 887. The molecule has 2 aromatic rings. The molecule has 1 amide bonds. The molecule has 2 unspecified atom stereocenters. The minimum atomic E-state index is -0.223. The summed E-state index contributed by atoms with van der Waals surface area (Å²) in [4.78, 5) is 15.6. The number of amides is 1. The van der Waals surface area contributed by atoms with Gasteiger partial charge in [-0.05, 0) is 42.3 Å². The molecular formula is C23H26ClNO4S. The molecule has 2 heterocycles. The molecule has 2 aromatic carbocycles. The Labute approximate surface area is 186 Å². The largest absolute Gasteiger partial charge is 0.493 e. The van der Waals surface area contributed by atoms with Gasteiger partial charge in [0.1, 0.15) is 0 Å². The predicted molar refractivity (Wildman–Crippen MR) is 119 cm³/mol. The van der Waals surface area contributed by atoms with Crippen LogP contribution in [0.3, 0.4) is 0 Å². The van der Waals surface area contributed by atoms with E-state index in [0.29, 0.717) is 17.9 Å². The number of rotatable bonds is 8. The normalized spacial score (nSPS) is 21.3. The number of likely N-dealkylation sites (tertiary alicyclic amines) is 1. The Morgan fingerprint density at radius 1 is 1.23 bits per heavy atom. The van der Waals surface area contributed by atoms with Gasteiger partial charge in [-0.15, -0.1) is 11.8 Å². The first-order valence-corrected chi connectivity index (χ1v) is 11.6. The zero-order valence-electron chi connectivity index (χ0n) is 17.0. The quantitative estimate of drug-likeness (QED) is 0.534. The zero-order valence-corrected chi connectivity index (χ0v) is 18.6. The van der Waals surface area contributed by atoms with Gasteiger partial charge in [0.15, 0.2) is 17.8 Å². The average Bonchev–Trinajstić information content (AvgIpc) is 3.38. The van der Waals surface area contributed by atoms with E-state index >= 15 is 0 Å². The molecule has 2 aliphatic rings. The third-order valence-electron chi connectivity index (χ3n) is 5.45. The molecule has 2 atom stereocenters. The number of methoxy groups -OCH3 is 1. The highest BCUT2D eigenvalue weighted by Crippen LogP contribution is 2.36. The Balaban J connectivity index is 1.36. The fourth-order valence-corrected chi connectivity index (χ4v) is 5.05. The van der Waals surface area contributed by atoms with E-state index in [-0.39, 0.29) is 18.1 Å². The maximum absolute atomic E-state index is 12.6. The monoisotopic (exact) mass is 447 g/mol. The number of thioether (sulfide) groups is 1. The van der Waals surface area contributed by atoms with E-state index in [1.807, 2.05) is 47.4 Å². The van der Waals surface area contributed by atoms with Crippen molar-refractivity contribution in [3.63, 3.8) is 0 Å². The molecular weight excluding hydrogens is 422 g/mol. The van der Waals surface area contributed by atoms with Gasteiger partial charge in [0.25, 0.3) is 0 Å². The summed E-state index contributed by atoms with van der Waals surface area (Å²) in [5, 5.41) is 0.734. The lowest BCUT2D eigenvalue weighted by atomic mass is 9.98. The number of hydrogen-bond donors (Lipinski definition) is 0. The third kappa shape index (κ3) is 5.23. The second-order valence-corrected chi connectivity index (χ2v) is 9.12. The van der Waals surface area contributed by atoms with Crippen molar-refractivity contribution in [2.24, 2.45) is 0 Å². The summed E-state index contributed by atoms with van der Waals surface area (Å²) >= 11 is 7.76. The SMILES string of the molecule is COc1ccc(C2CC(=O)N(CCSc3cccc(Cl)c3)C2)cc1OC1CCCO1. The lowest BCUT2D eigenvalue weighted by molar-refractivity contribution is -0.127. The fourth-order valence-electron chi connectivity index (χ4n) is 3.86. The van der Waals surface area contributed by atoms with Crippen LogP contribution in [0.4, 0.5) is 0 Å². The number of nitrogens with zero attached hydrogens (tertiary/aromatic N) is 1. The van der Waals surface area contributed by atoms with Gasteiger partial charge in [-0.25, -0.2) is 0 Å². The number of ether oxygens (including phenoxy) is 3. The molecule has 4 rings (SSSR count). The number of halogens is 1. The number of hydrogen-bond acceptors (Lipinski definition) is 5. The third-order valence-corrected chi connectivity index (χ3v) is 6.65. The van der Waals surface area contributed by atoms with Crippen LogP contribution in [0.2, 0.25) is 5.02 Å². The highest BCUT2D eigenvalue weighted by molar-refractivity contribution is 7.99. The highest BCUT2D eigenvalue weighted by atomic mass is 35.5. The lowest BCUT2D eigenvalue weighted by Crippen LogP contribution is -2.27. The van der Waals surface area contributed by atoms with E-state index in [0.717, 1.165) is 53.8 Å². The first-order chi connectivity index (χ1) is 14.6. The van der Waals surface area contributed by atoms with E-state index in [1.54, 1.807) is 18.9 Å². The Hall–Kier alpha value is -1.89. The summed E-state index contributed by atoms with van der Waals surface area (Å²) < 4.78 is 17.1. The van der Waals surface area contributed by atoms with Crippen LogP contribution >= 0.6 is 23.4 Å². The molecule has 30 heavy (non-hydrogen) atoms. The standard InChI is InChI=1S/C23H26ClNO4S/c1-27-20-8-7-16(12-21(20)29-23-6-3-10-28-23)17-13-22(26)25(15-17)9-11-30-19-5-2-4-18(24)14-19/h2,4-5,7-8,12,14,17,23H,3,6,9-11,13,15H2,1H3. The first kappa shape index (κ1) is 21.3. The van der Waals surface area contributed by atoms with E-state index in [4.69, 9.17) is 25.8 Å². The summed E-state index contributed by atoms with van der Waals surface area (Å²) in [5.41, 5.74) is 1.10. The van der Waals surface area contributed by atoms with Gasteiger partial charge in [-0.1, -0.05) is 23.7 Å². The molecule has 0 spiro atoms. The summed E-state index contributed by atoms with van der Waals surface area (Å²) in [7, 11) is 1.63. The maximum Gasteiger partial charge on any atom is 0.223 e. The zero-order chi connectivity index (χ0) is 20.9. The van der Waals surface area contributed by atoms with Crippen LogP contribution in [0, 0.1) is 0 Å². The second kappa shape index (κ2) is 9.94. The smallest absolute Gasteiger partial charge is 0.223 e. The van der Waals surface area contributed by atoms with Crippen molar-refractivity contribution < 1.29 is 19.0 Å². The van der Waals surface area contributed by atoms with Crippen LogP contribution < -0.4 is 9.47 Å². The minimum Gasteiger partial charge on any atom is -0.493 e. The van der Waals surface area contributed by atoms with Gasteiger partial charge in [-0.3, -0.25) is 4.79 Å². The van der Waals surface area contributed by atoms with Gasteiger partial charge in [0.05, 0.1) is 13.7 Å². The topological polar surface area (TPSA) is 48.0 Å². The molecule has 0 saturated carbocycles. The van der Waals surface area contributed by atoms with Crippen molar-refractivity contribution in [3.05, 3.63) is 53.1 Å². The van der Waals surface area contributed by atoms with Crippen LogP contribution in [-0.4, -0.2) is 49.7 Å². The van der Waals surface area contributed by atoms with Crippen molar-refractivity contribution >= 4 is 29.3 Å². The maximum atomic E-state index is 12.6. The molecule has 0 aliphatic carbocycles. The van der Waals surface area contributed by atoms with Crippen molar-refractivity contribution in [2.75, 3.05) is 32.6 Å². The van der Waals surface area contributed by atoms with Gasteiger partial charge >= 0.3 is 0 Å².